The van der Waals surface area contributed by atoms with Gasteiger partial charge in [-0.25, -0.2) is 4.79 Å². The van der Waals surface area contributed by atoms with Crippen LogP contribution in [-0.2, 0) is 9.47 Å². The average molecular weight is 253 g/mol. The van der Waals surface area contributed by atoms with Gasteiger partial charge in [-0.1, -0.05) is 6.07 Å². The Morgan fingerprint density at radius 1 is 1.33 bits per heavy atom. The van der Waals surface area contributed by atoms with E-state index in [1.807, 2.05) is 6.92 Å². The highest BCUT2D eigenvalue weighted by Crippen LogP contribution is 2.16. The molecule has 0 saturated carbocycles. The highest BCUT2D eigenvalue weighted by atomic mass is 16.5. The summed E-state index contributed by atoms with van der Waals surface area (Å²) < 4.78 is 10.2. The van der Waals surface area contributed by atoms with Gasteiger partial charge in [-0.3, -0.25) is 0 Å². The first-order valence-corrected chi connectivity index (χ1v) is 5.79. The number of carbonyl (C=O) groups is 1. The van der Waals surface area contributed by atoms with E-state index in [2.05, 4.69) is 5.32 Å². The van der Waals surface area contributed by atoms with E-state index in [1.54, 1.807) is 25.3 Å². The molecule has 5 nitrogen and oxygen atoms in total. The maximum Gasteiger partial charge on any atom is 0.335 e. The molecular weight excluding hydrogens is 234 g/mol. The van der Waals surface area contributed by atoms with Crippen molar-refractivity contribution >= 4 is 11.7 Å². The molecule has 0 radical (unpaired) electrons. The van der Waals surface area contributed by atoms with Gasteiger partial charge in [-0.2, -0.15) is 0 Å². The number of rotatable bonds is 8. The summed E-state index contributed by atoms with van der Waals surface area (Å²) in [7, 11) is 1.63. The summed E-state index contributed by atoms with van der Waals surface area (Å²) in [4.78, 5) is 10.8. The number of hydrogen-bond donors (Lipinski definition) is 2. The molecule has 0 aromatic heterocycles. The molecule has 0 bridgehead atoms. The largest absolute Gasteiger partial charge is 0.478 e. The summed E-state index contributed by atoms with van der Waals surface area (Å²) in [5, 5.41) is 12.1. The molecule has 2 N–H and O–H groups in total. The molecule has 18 heavy (non-hydrogen) atoms. The van der Waals surface area contributed by atoms with Crippen LogP contribution in [0.1, 0.15) is 15.9 Å². The van der Waals surface area contributed by atoms with Crippen LogP contribution in [0.3, 0.4) is 0 Å². The number of anilines is 1. The first-order chi connectivity index (χ1) is 8.65. The lowest BCUT2D eigenvalue weighted by Gasteiger charge is -2.10. The Morgan fingerprint density at radius 2 is 2.11 bits per heavy atom. The molecule has 0 unspecified atom stereocenters. The lowest BCUT2D eigenvalue weighted by atomic mass is 10.1. The van der Waals surface area contributed by atoms with E-state index in [9.17, 15) is 4.79 Å². The Balaban J connectivity index is 2.41. The normalized spacial score (nSPS) is 10.3. The average Bonchev–Trinajstić information content (AvgIpc) is 2.35. The lowest BCUT2D eigenvalue weighted by molar-refractivity contribution is 0.0697. The van der Waals surface area contributed by atoms with Gasteiger partial charge in [0.05, 0.1) is 25.4 Å². The van der Waals surface area contributed by atoms with Crippen LogP contribution in [0.2, 0.25) is 0 Å². The monoisotopic (exact) mass is 253 g/mol. The number of ether oxygens (including phenoxy) is 2. The van der Waals surface area contributed by atoms with Crippen LogP contribution < -0.4 is 5.32 Å². The fourth-order valence-electron chi connectivity index (χ4n) is 1.45. The second kappa shape index (κ2) is 7.68. The first-order valence-electron chi connectivity index (χ1n) is 5.79. The number of hydrogen-bond acceptors (Lipinski definition) is 4. The van der Waals surface area contributed by atoms with E-state index in [4.69, 9.17) is 14.6 Å². The molecule has 0 aliphatic carbocycles. The van der Waals surface area contributed by atoms with Crippen molar-refractivity contribution in [3.05, 3.63) is 29.3 Å². The Kier molecular flexibility index (Phi) is 6.18. The number of aromatic carboxylic acids is 1. The molecule has 1 aromatic rings. The SMILES string of the molecule is COCCOCCNc1cc(C(=O)O)ccc1C. The van der Waals surface area contributed by atoms with Crippen LogP contribution in [0.5, 0.6) is 0 Å². The summed E-state index contributed by atoms with van der Waals surface area (Å²) in [5.41, 5.74) is 2.12. The third-order valence-electron chi connectivity index (χ3n) is 2.48. The minimum Gasteiger partial charge on any atom is -0.478 e. The van der Waals surface area contributed by atoms with Gasteiger partial charge in [0, 0.05) is 19.3 Å². The fraction of sp³-hybridized carbons (Fsp3) is 0.462. The zero-order chi connectivity index (χ0) is 13.4. The summed E-state index contributed by atoms with van der Waals surface area (Å²) in [6, 6.07) is 5.02. The molecule has 0 fully saturated rings. The van der Waals surface area contributed by atoms with Gasteiger partial charge < -0.3 is 19.9 Å². The summed E-state index contributed by atoms with van der Waals surface area (Å²) in [6.07, 6.45) is 0. The molecule has 0 amide bonds. The highest BCUT2D eigenvalue weighted by Gasteiger charge is 2.05. The van der Waals surface area contributed by atoms with Crippen molar-refractivity contribution in [2.45, 2.75) is 6.92 Å². The molecule has 100 valence electrons. The second-order valence-corrected chi connectivity index (χ2v) is 3.87. The van der Waals surface area contributed by atoms with Crippen LogP contribution in [0.4, 0.5) is 5.69 Å². The van der Waals surface area contributed by atoms with Crippen molar-refractivity contribution in [2.75, 3.05) is 38.8 Å². The Hall–Kier alpha value is -1.59. The van der Waals surface area contributed by atoms with E-state index in [0.717, 1.165) is 11.3 Å². The van der Waals surface area contributed by atoms with Gasteiger partial charge in [-0.05, 0) is 24.6 Å². The second-order valence-electron chi connectivity index (χ2n) is 3.87. The number of nitrogens with one attached hydrogen (secondary N) is 1. The fourth-order valence-corrected chi connectivity index (χ4v) is 1.45. The van der Waals surface area contributed by atoms with E-state index in [-0.39, 0.29) is 5.56 Å². The summed E-state index contributed by atoms with van der Waals surface area (Å²) in [5.74, 6) is -0.922. The number of carboxylic acid groups (broad SMARTS) is 1. The standard InChI is InChI=1S/C13H19NO4/c1-10-3-4-11(13(15)16)9-12(10)14-5-6-18-8-7-17-2/h3-4,9,14H,5-8H2,1-2H3,(H,15,16). The van der Waals surface area contributed by atoms with Crippen LogP contribution in [0, 0.1) is 6.92 Å². The Labute approximate surface area is 107 Å². The first kappa shape index (κ1) is 14.5. The quantitative estimate of drug-likeness (QED) is 0.691. The molecule has 0 aliphatic heterocycles. The van der Waals surface area contributed by atoms with Gasteiger partial charge in [0.25, 0.3) is 0 Å². The Bertz CT molecular complexity index is 393. The number of methoxy groups -OCH3 is 1. The highest BCUT2D eigenvalue weighted by molar-refractivity contribution is 5.89. The molecule has 0 saturated heterocycles. The predicted octanol–water partition coefficient (Wildman–Crippen LogP) is 1.77. The van der Waals surface area contributed by atoms with Gasteiger partial charge in [-0.15, -0.1) is 0 Å². The van der Waals surface area contributed by atoms with Crippen molar-refractivity contribution in [1.29, 1.82) is 0 Å². The minimum absolute atomic E-state index is 0.281. The third-order valence-corrected chi connectivity index (χ3v) is 2.48. The van der Waals surface area contributed by atoms with E-state index < -0.39 is 5.97 Å². The lowest BCUT2D eigenvalue weighted by Crippen LogP contribution is -2.13. The topological polar surface area (TPSA) is 67.8 Å². The van der Waals surface area contributed by atoms with Crippen LogP contribution in [0.25, 0.3) is 0 Å². The van der Waals surface area contributed by atoms with Crippen molar-refractivity contribution in [3.63, 3.8) is 0 Å². The smallest absolute Gasteiger partial charge is 0.335 e. The van der Waals surface area contributed by atoms with Gasteiger partial charge in [0.15, 0.2) is 0 Å². The molecule has 0 atom stereocenters. The maximum atomic E-state index is 10.8. The van der Waals surface area contributed by atoms with Crippen LogP contribution >= 0.6 is 0 Å². The zero-order valence-electron chi connectivity index (χ0n) is 10.7. The van der Waals surface area contributed by atoms with E-state index in [1.165, 1.54) is 0 Å². The molecule has 0 aliphatic rings. The number of carboxylic acids is 1. The maximum absolute atomic E-state index is 10.8. The minimum atomic E-state index is -0.922. The Morgan fingerprint density at radius 3 is 2.78 bits per heavy atom. The van der Waals surface area contributed by atoms with Crippen molar-refractivity contribution in [2.24, 2.45) is 0 Å². The molecule has 1 aromatic carbocycles. The van der Waals surface area contributed by atoms with E-state index in [0.29, 0.717) is 26.4 Å². The van der Waals surface area contributed by atoms with E-state index >= 15 is 0 Å². The molecule has 0 heterocycles. The van der Waals surface area contributed by atoms with Gasteiger partial charge in [0.2, 0.25) is 0 Å². The van der Waals surface area contributed by atoms with Gasteiger partial charge in [0.1, 0.15) is 0 Å². The summed E-state index contributed by atoms with van der Waals surface area (Å²) >= 11 is 0. The zero-order valence-corrected chi connectivity index (χ0v) is 10.7. The van der Waals surface area contributed by atoms with Crippen molar-refractivity contribution in [1.82, 2.24) is 0 Å². The van der Waals surface area contributed by atoms with Crippen molar-refractivity contribution in [3.8, 4) is 0 Å². The molecule has 1 rings (SSSR count). The van der Waals surface area contributed by atoms with Crippen LogP contribution in [0.15, 0.2) is 18.2 Å². The van der Waals surface area contributed by atoms with Crippen molar-refractivity contribution < 1.29 is 19.4 Å². The molecular formula is C13H19NO4. The number of aryl methyl sites for hydroxylation is 1. The molecule has 0 spiro atoms. The molecule has 5 heteroatoms. The van der Waals surface area contributed by atoms with Crippen LogP contribution in [-0.4, -0.2) is 44.6 Å². The van der Waals surface area contributed by atoms with Gasteiger partial charge >= 0.3 is 5.97 Å². The summed E-state index contributed by atoms with van der Waals surface area (Å²) in [6.45, 7) is 4.26. The predicted molar refractivity (Wildman–Crippen MR) is 69.3 cm³/mol. The third kappa shape index (κ3) is 4.73. The number of benzene rings is 1.